The molecule has 5 nitrogen and oxygen atoms in total. The van der Waals surface area contributed by atoms with Crippen LogP contribution in [-0.2, 0) is 11.5 Å². The highest BCUT2D eigenvalue weighted by molar-refractivity contribution is 9.10. The molecule has 0 fully saturated rings. The van der Waals surface area contributed by atoms with E-state index in [0.717, 1.165) is 28.0 Å². The smallest absolute Gasteiger partial charge is 0.259 e. The number of hydrogen-bond donors (Lipinski definition) is 1. The van der Waals surface area contributed by atoms with Gasteiger partial charge in [0.25, 0.3) is 5.56 Å². The Balaban J connectivity index is 1.88. The largest absolute Gasteiger partial charge is 0.360 e. The van der Waals surface area contributed by atoms with Gasteiger partial charge in [-0.15, -0.1) is 0 Å². The van der Waals surface area contributed by atoms with E-state index in [1.165, 1.54) is 0 Å². The van der Waals surface area contributed by atoms with Crippen LogP contribution < -0.4 is 5.56 Å². The molecule has 0 unspecified atom stereocenters. The van der Waals surface area contributed by atoms with Crippen molar-refractivity contribution < 1.29 is 4.74 Å². The quantitative estimate of drug-likeness (QED) is 0.527. The molecular formula is C16H20BrN3O2Si. The van der Waals surface area contributed by atoms with Crippen molar-refractivity contribution >= 4 is 45.8 Å². The van der Waals surface area contributed by atoms with Gasteiger partial charge in [-0.3, -0.25) is 4.79 Å². The molecule has 0 saturated heterocycles. The zero-order valence-electron chi connectivity index (χ0n) is 13.5. The molecule has 7 heteroatoms. The Bertz CT molecular complexity index is 911. The third kappa shape index (κ3) is 3.73. The van der Waals surface area contributed by atoms with Gasteiger partial charge in [0.15, 0.2) is 0 Å². The SMILES string of the molecule is C[Si](C)(C)CCOCn1cc2c(=O)[nH]c3cc(Br)ccc3c2n1. The summed E-state index contributed by atoms with van der Waals surface area (Å²) in [6.07, 6.45) is 1.75. The van der Waals surface area contributed by atoms with E-state index in [0.29, 0.717) is 17.6 Å². The summed E-state index contributed by atoms with van der Waals surface area (Å²) in [6.45, 7) is 8.07. The van der Waals surface area contributed by atoms with Crippen molar-refractivity contribution in [1.82, 2.24) is 14.8 Å². The minimum atomic E-state index is -1.09. The Hall–Kier alpha value is -1.44. The average Bonchev–Trinajstić information content (AvgIpc) is 2.87. The summed E-state index contributed by atoms with van der Waals surface area (Å²) in [5, 5.41) is 6.06. The Morgan fingerprint density at radius 3 is 2.83 bits per heavy atom. The molecule has 23 heavy (non-hydrogen) atoms. The molecular weight excluding hydrogens is 374 g/mol. The zero-order valence-corrected chi connectivity index (χ0v) is 16.1. The normalized spacial score (nSPS) is 12.3. The molecule has 2 heterocycles. The number of nitrogens with zero attached hydrogens (tertiary/aromatic N) is 2. The van der Waals surface area contributed by atoms with Crippen molar-refractivity contribution in [3.63, 3.8) is 0 Å². The number of halogens is 1. The molecule has 1 aromatic carbocycles. The standard InChI is InChI=1S/C16H20BrN3O2Si/c1-23(2,3)7-6-22-10-20-9-13-15(19-20)12-5-4-11(17)8-14(12)18-16(13)21/h4-5,8-9H,6-7,10H2,1-3H3,(H,18,21). The van der Waals surface area contributed by atoms with Gasteiger partial charge >= 0.3 is 0 Å². The molecule has 3 aromatic rings. The van der Waals surface area contributed by atoms with E-state index in [2.05, 4.69) is 45.7 Å². The van der Waals surface area contributed by atoms with E-state index < -0.39 is 8.07 Å². The van der Waals surface area contributed by atoms with Crippen molar-refractivity contribution in [1.29, 1.82) is 0 Å². The lowest BCUT2D eigenvalue weighted by atomic mass is 10.2. The number of pyridine rings is 1. The fourth-order valence-electron chi connectivity index (χ4n) is 2.41. The number of H-pyrrole nitrogens is 1. The highest BCUT2D eigenvalue weighted by Crippen LogP contribution is 2.23. The third-order valence-electron chi connectivity index (χ3n) is 3.71. The molecule has 0 amide bonds. The minimum Gasteiger partial charge on any atom is -0.360 e. The van der Waals surface area contributed by atoms with Gasteiger partial charge < -0.3 is 9.72 Å². The highest BCUT2D eigenvalue weighted by Gasteiger charge is 2.13. The number of fused-ring (bicyclic) bond motifs is 3. The summed E-state index contributed by atoms with van der Waals surface area (Å²) in [6, 6.07) is 6.91. The fraction of sp³-hybridized carbons (Fsp3) is 0.375. The van der Waals surface area contributed by atoms with Crippen molar-refractivity contribution in [3.8, 4) is 0 Å². The average molecular weight is 394 g/mol. The van der Waals surface area contributed by atoms with E-state index in [9.17, 15) is 4.79 Å². The third-order valence-corrected chi connectivity index (χ3v) is 5.91. The number of benzene rings is 1. The Morgan fingerprint density at radius 1 is 1.30 bits per heavy atom. The van der Waals surface area contributed by atoms with Crippen LogP contribution in [0.1, 0.15) is 0 Å². The summed E-state index contributed by atoms with van der Waals surface area (Å²) >= 11 is 3.42. The summed E-state index contributed by atoms with van der Waals surface area (Å²) < 4.78 is 8.34. The van der Waals surface area contributed by atoms with Crippen molar-refractivity contribution in [2.45, 2.75) is 32.4 Å². The molecule has 2 aromatic heterocycles. The molecule has 0 atom stereocenters. The second-order valence-electron chi connectivity index (χ2n) is 6.92. The fourth-order valence-corrected chi connectivity index (χ4v) is 3.52. The molecule has 1 N–H and O–H groups in total. The number of hydrogen-bond acceptors (Lipinski definition) is 3. The molecule has 3 rings (SSSR count). The van der Waals surface area contributed by atoms with Gasteiger partial charge in [-0.2, -0.15) is 5.10 Å². The maximum atomic E-state index is 12.2. The van der Waals surface area contributed by atoms with Gasteiger partial charge in [0, 0.05) is 30.7 Å². The first-order valence-electron chi connectivity index (χ1n) is 7.60. The van der Waals surface area contributed by atoms with E-state index >= 15 is 0 Å². The lowest BCUT2D eigenvalue weighted by Gasteiger charge is -2.15. The number of nitrogens with one attached hydrogen (secondary N) is 1. The molecule has 0 radical (unpaired) electrons. The van der Waals surface area contributed by atoms with Gasteiger partial charge in [0.05, 0.1) is 10.9 Å². The number of aromatic amines is 1. The van der Waals surface area contributed by atoms with Gasteiger partial charge in [0.2, 0.25) is 0 Å². The van der Waals surface area contributed by atoms with E-state index in [1.807, 2.05) is 18.2 Å². The van der Waals surface area contributed by atoms with Crippen LogP contribution in [-0.4, -0.2) is 29.4 Å². The van der Waals surface area contributed by atoms with Crippen LogP contribution in [0.4, 0.5) is 0 Å². The van der Waals surface area contributed by atoms with Crippen LogP contribution in [0.2, 0.25) is 25.7 Å². The zero-order chi connectivity index (χ0) is 16.6. The predicted molar refractivity (Wildman–Crippen MR) is 99.7 cm³/mol. The van der Waals surface area contributed by atoms with Crippen LogP contribution >= 0.6 is 15.9 Å². The second-order valence-corrected chi connectivity index (χ2v) is 13.5. The summed E-state index contributed by atoms with van der Waals surface area (Å²) in [5.74, 6) is 0. The Morgan fingerprint density at radius 2 is 2.09 bits per heavy atom. The predicted octanol–water partition coefficient (Wildman–Crippen LogP) is 3.95. The molecule has 0 spiro atoms. The van der Waals surface area contributed by atoms with Crippen molar-refractivity contribution in [2.24, 2.45) is 0 Å². The van der Waals surface area contributed by atoms with Gasteiger partial charge in [0.1, 0.15) is 12.2 Å². The number of ether oxygens (including phenoxy) is 1. The van der Waals surface area contributed by atoms with Gasteiger partial charge in [-0.25, -0.2) is 4.68 Å². The molecule has 0 saturated carbocycles. The van der Waals surface area contributed by atoms with Crippen LogP contribution in [0, 0.1) is 0 Å². The first kappa shape index (κ1) is 16.4. The lowest BCUT2D eigenvalue weighted by Crippen LogP contribution is -2.22. The molecule has 0 bridgehead atoms. The van der Waals surface area contributed by atoms with E-state index in [4.69, 9.17) is 4.74 Å². The molecule has 122 valence electrons. The molecule has 0 aliphatic rings. The minimum absolute atomic E-state index is 0.126. The second kappa shape index (κ2) is 6.22. The monoisotopic (exact) mass is 393 g/mol. The number of rotatable bonds is 5. The Labute approximate surface area is 143 Å². The molecule has 0 aliphatic carbocycles. The van der Waals surface area contributed by atoms with E-state index in [1.54, 1.807) is 10.9 Å². The van der Waals surface area contributed by atoms with Crippen LogP contribution in [0.15, 0.2) is 33.7 Å². The maximum Gasteiger partial charge on any atom is 0.259 e. The summed E-state index contributed by atoms with van der Waals surface area (Å²) in [7, 11) is -1.09. The first-order valence-corrected chi connectivity index (χ1v) is 12.1. The van der Waals surface area contributed by atoms with Crippen LogP contribution in [0.5, 0.6) is 0 Å². The Kier molecular flexibility index (Phi) is 4.44. The number of aromatic nitrogens is 3. The van der Waals surface area contributed by atoms with Crippen molar-refractivity contribution in [3.05, 3.63) is 39.2 Å². The van der Waals surface area contributed by atoms with Gasteiger partial charge in [-0.1, -0.05) is 35.6 Å². The summed E-state index contributed by atoms with van der Waals surface area (Å²) in [4.78, 5) is 15.1. The first-order chi connectivity index (χ1) is 10.8. The van der Waals surface area contributed by atoms with Crippen molar-refractivity contribution in [2.75, 3.05) is 6.61 Å². The van der Waals surface area contributed by atoms with Crippen LogP contribution in [0.3, 0.4) is 0 Å². The van der Waals surface area contributed by atoms with Crippen LogP contribution in [0.25, 0.3) is 21.8 Å². The van der Waals surface area contributed by atoms with E-state index in [-0.39, 0.29) is 5.56 Å². The maximum absolute atomic E-state index is 12.2. The summed E-state index contributed by atoms with van der Waals surface area (Å²) in [5.41, 5.74) is 1.37. The topological polar surface area (TPSA) is 59.9 Å². The molecule has 0 aliphatic heterocycles. The lowest BCUT2D eigenvalue weighted by molar-refractivity contribution is 0.0791. The highest BCUT2D eigenvalue weighted by atomic mass is 79.9. The van der Waals surface area contributed by atoms with Gasteiger partial charge in [-0.05, 0) is 24.2 Å².